The van der Waals surface area contributed by atoms with Gasteiger partial charge in [-0.3, -0.25) is 4.79 Å². The number of carbonyl (C=O) groups excluding carboxylic acids is 1. The van der Waals surface area contributed by atoms with E-state index in [2.05, 4.69) is 5.32 Å². The van der Waals surface area contributed by atoms with Gasteiger partial charge in [0.05, 0.1) is 25.2 Å². The highest BCUT2D eigenvalue weighted by Crippen LogP contribution is 2.33. The van der Waals surface area contributed by atoms with Gasteiger partial charge in [-0.05, 0) is 18.9 Å². The third-order valence-electron chi connectivity index (χ3n) is 3.33. The first-order chi connectivity index (χ1) is 8.76. The lowest BCUT2D eigenvalue weighted by Gasteiger charge is -2.26. The van der Waals surface area contributed by atoms with Gasteiger partial charge in [-0.15, -0.1) is 0 Å². The summed E-state index contributed by atoms with van der Waals surface area (Å²) in [6.45, 7) is 2.48. The number of para-hydroxylation sites is 1. The number of carbonyl (C=O) groups is 1. The van der Waals surface area contributed by atoms with E-state index in [9.17, 15) is 4.79 Å². The van der Waals surface area contributed by atoms with Crippen LogP contribution in [-0.4, -0.2) is 30.3 Å². The molecule has 1 aromatic carbocycles. The van der Waals surface area contributed by atoms with Crippen LogP contribution in [0.2, 0.25) is 0 Å². The van der Waals surface area contributed by atoms with Gasteiger partial charge in [0.1, 0.15) is 5.75 Å². The van der Waals surface area contributed by atoms with Crippen LogP contribution in [0.15, 0.2) is 24.3 Å². The Kier molecular flexibility index (Phi) is 4.20. The Morgan fingerprint density at radius 3 is 3.06 bits per heavy atom. The molecule has 0 bridgehead atoms. The SMILES string of the molecule is CC[C@@H](CO)NC(=O)C1CCOc2ccccc21. The molecule has 1 heterocycles. The lowest BCUT2D eigenvalue weighted by atomic mass is 9.92. The highest BCUT2D eigenvalue weighted by atomic mass is 16.5. The number of ether oxygens (including phenoxy) is 1. The first-order valence-corrected chi connectivity index (χ1v) is 6.39. The summed E-state index contributed by atoms with van der Waals surface area (Å²) < 4.78 is 5.53. The zero-order chi connectivity index (χ0) is 13.0. The summed E-state index contributed by atoms with van der Waals surface area (Å²) in [6, 6.07) is 7.47. The average molecular weight is 249 g/mol. The van der Waals surface area contributed by atoms with Gasteiger partial charge in [0.15, 0.2) is 0 Å². The van der Waals surface area contributed by atoms with Gasteiger partial charge in [-0.25, -0.2) is 0 Å². The van der Waals surface area contributed by atoms with Crippen molar-refractivity contribution in [2.24, 2.45) is 0 Å². The summed E-state index contributed by atoms with van der Waals surface area (Å²) in [7, 11) is 0. The van der Waals surface area contributed by atoms with Crippen LogP contribution in [0.5, 0.6) is 5.75 Å². The van der Waals surface area contributed by atoms with E-state index in [4.69, 9.17) is 9.84 Å². The molecule has 0 fully saturated rings. The van der Waals surface area contributed by atoms with Gasteiger partial charge in [-0.2, -0.15) is 0 Å². The molecule has 2 N–H and O–H groups in total. The highest BCUT2D eigenvalue weighted by Gasteiger charge is 2.28. The van der Waals surface area contributed by atoms with E-state index in [1.165, 1.54) is 0 Å². The molecule has 0 aromatic heterocycles. The molecule has 0 spiro atoms. The van der Waals surface area contributed by atoms with Crippen molar-refractivity contribution in [3.63, 3.8) is 0 Å². The summed E-state index contributed by atoms with van der Waals surface area (Å²) >= 11 is 0. The normalized spacial score (nSPS) is 19.6. The monoisotopic (exact) mass is 249 g/mol. The first-order valence-electron chi connectivity index (χ1n) is 6.39. The lowest BCUT2D eigenvalue weighted by Crippen LogP contribution is -2.41. The van der Waals surface area contributed by atoms with Crippen LogP contribution in [0.4, 0.5) is 0 Å². The van der Waals surface area contributed by atoms with Gasteiger partial charge in [0.2, 0.25) is 5.91 Å². The van der Waals surface area contributed by atoms with Crippen molar-refractivity contribution >= 4 is 5.91 Å². The van der Waals surface area contributed by atoms with Gasteiger partial charge >= 0.3 is 0 Å². The molecule has 1 aromatic rings. The molecule has 2 rings (SSSR count). The third kappa shape index (κ3) is 2.64. The van der Waals surface area contributed by atoms with Crippen LogP contribution >= 0.6 is 0 Å². The van der Waals surface area contributed by atoms with Crippen molar-refractivity contribution in [3.05, 3.63) is 29.8 Å². The Morgan fingerprint density at radius 2 is 2.33 bits per heavy atom. The zero-order valence-electron chi connectivity index (χ0n) is 10.6. The van der Waals surface area contributed by atoms with Gasteiger partial charge in [-0.1, -0.05) is 25.1 Å². The average Bonchev–Trinajstić information content (AvgIpc) is 2.43. The second-order valence-electron chi connectivity index (χ2n) is 4.52. The smallest absolute Gasteiger partial charge is 0.228 e. The standard InChI is InChI=1S/C14H19NO3/c1-2-10(9-16)15-14(17)12-7-8-18-13-6-4-3-5-11(12)13/h3-6,10,12,16H,2,7-9H2,1H3,(H,15,17)/t10-,12?/m0/s1. The lowest BCUT2D eigenvalue weighted by molar-refractivity contribution is -0.124. The topological polar surface area (TPSA) is 58.6 Å². The number of amides is 1. The van der Waals surface area contributed by atoms with E-state index in [0.29, 0.717) is 13.0 Å². The Labute approximate surface area is 107 Å². The Hall–Kier alpha value is -1.55. The predicted molar refractivity (Wildman–Crippen MR) is 68.6 cm³/mol. The van der Waals surface area contributed by atoms with Crippen LogP contribution in [-0.2, 0) is 4.79 Å². The second kappa shape index (κ2) is 5.87. The maximum absolute atomic E-state index is 12.2. The number of aliphatic hydroxyl groups excluding tert-OH is 1. The van der Waals surface area contributed by atoms with Crippen LogP contribution in [0.3, 0.4) is 0 Å². The Bertz CT molecular complexity index is 415. The molecule has 1 aliphatic heterocycles. The summed E-state index contributed by atoms with van der Waals surface area (Å²) in [4.78, 5) is 12.2. The molecule has 0 aliphatic carbocycles. The molecule has 4 nitrogen and oxygen atoms in total. The van der Waals surface area contributed by atoms with Gasteiger partial charge in [0.25, 0.3) is 0 Å². The fourth-order valence-corrected chi connectivity index (χ4v) is 2.19. The Morgan fingerprint density at radius 1 is 1.56 bits per heavy atom. The molecule has 18 heavy (non-hydrogen) atoms. The van der Waals surface area contributed by atoms with Crippen molar-refractivity contribution in [2.75, 3.05) is 13.2 Å². The number of hydrogen-bond acceptors (Lipinski definition) is 3. The molecule has 98 valence electrons. The summed E-state index contributed by atoms with van der Waals surface area (Å²) in [5, 5.41) is 12.0. The number of benzene rings is 1. The van der Waals surface area contributed by atoms with E-state index >= 15 is 0 Å². The fourth-order valence-electron chi connectivity index (χ4n) is 2.19. The molecule has 2 atom stereocenters. The van der Waals surface area contributed by atoms with Gasteiger partial charge < -0.3 is 15.2 Å². The van der Waals surface area contributed by atoms with E-state index < -0.39 is 0 Å². The first kappa shape index (κ1) is 12.9. The van der Waals surface area contributed by atoms with Crippen LogP contribution in [0.1, 0.15) is 31.2 Å². The third-order valence-corrected chi connectivity index (χ3v) is 3.33. The number of hydrogen-bond donors (Lipinski definition) is 2. The summed E-state index contributed by atoms with van der Waals surface area (Å²) in [6.07, 6.45) is 1.41. The highest BCUT2D eigenvalue weighted by molar-refractivity contribution is 5.85. The van der Waals surface area contributed by atoms with Crippen LogP contribution in [0, 0.1) is 0 Å². The molecular weight excluding hydrogens is 230 g/mol. The number of aliphatic hydroxyl groups is 1. The molecular formula is C14H19NO3. The predicted octanol–water partition coefficient (Wildman–Crippen LogP) is 1.44. The van der Waals surface area contributed by atoms with Crippen molar-refractivity contribution in [1.29, 1.82) is 0 Å². The van der Waals surface area contributed by atoms with Crippen molar-refractivity contribution in [1.82, 2.24) is 5.32 Å². The minimum Gasteiger partial charge on any atom is -0.493 e. The maximum Gasteiger partial charge on any atom is 0.228 e. The van der Waals surface area contributed by atoms with E-state index in [1.807, 2.05) is 31.2 Å². The minimum atomic E-state index is -0.171. The van der Waals surface area contributed by atoms with Crippen molar-refractivity contribution < 1.29 is 14.6 Å². The molecule has 1 unspecified atom stereocenters. The second-order valence-corrected chi connectivity index (χ2v) is 4.52. The zero-order valence-corrected chi connectivity index (χ0v) is 10.6. The van der Waals surface area contributed by atoms with Crippen LogP contribution < -0.4 is 10.1 Å². The quantitative estimate of drug-likeness (QED) is 0.849. The van der Waals surface area contributed by atoms with Crippen molar-refractivity contribution in [2.45, 2.75) is 31.7 Å². The molecule has 4 heteroatoms. The minimum absolute atomic E-state index is 0.0207. The number of nitrogens with one attached hydrogen (secondary N) is 1. The molecule has 0 saturated heterocycles. The molecule has 0 radical (unpaired) electrons. The number of rotatable bonds is 4. The largest absolute Gasteiger partial charge is 0.493 e. The summed E-state index contributed by atoms with van der Waals surface area (Å²) in [5.41, 5.74) is 0.939. The van der Waals surface area contributed by atoms with E-state index in [0.717, 1.165) is 17.7 Å². The van der Waals surface area contributed by atoms with E-state index in [-0.39, 0.29) is 24.5 Å². The fraction of sp³-hybridized carbons (Fsp3) is 0.500. The Balaban J connectivity index is 2.12. The molecule has 1 aliphatic rings. The summed E-state index contributed by atoms with van der Waals surface area (Å²) in [5.74, 6) is 0.600. The van der Waals surface area contributed by atoms with Gasteiger partial charge in [0, 0.05) is 5.56 Å². The molecule has 1 amide bonds. The van der Waals surface area contributed by atoms with Crippen LogP contribution in [0.25, 0.3) is 0 Å². The van der Waals surface area contributed by atoms with E-state index in [1.54, 1.807) is 0 Å². The number of fused-ring (bicyclic) bond motifs is 1. The van der Waals surface area contributed by atoms with Crippen molar-refractivity contribution in [3.8, 4) is 5.75 Å². The molecule has 0 saturated carbocycles. The maximum atomic E-state index is 12.2.